The summed E-state index contributed by atoms with van der Waals surface area (Å²) in [5.74, 6) is 0. The lowest BCUT2D eigenvalue weighted by Crippen LogP contribution is -1.99. The third-order valence-electron chi connectivity index (χ3n) is 3.38. The Morgan fingerprint density at radius 2 is 1.74 bits per heavy atom. The lowest BCUT2D eigenvalue weighted by molar-refractivity contribution is 1.14. The molecule has 0 spiro atoms. The summed E-state index contributed by atoms with van der Waals surface area (Å²) in [6.45, 7) is 5.25. The van der Waals surface area contributed by atoms with Crippen LogP contribution in [0.2, 0.25) is 0 Å². The summed E-state index contributed by atoms with van der Waals surface area (Å²) >= 11 is 1.87. The highest BCUT2D eigenvalue weighted by Gasteiger charge is 2.02. The van der Waals surface area contributed by atoms with E-state index in [-0.39, 0.29) is 0 Å². The van der Waals surface area contributed by atoms with E-state index in [1.807, 2.05) is 11.3 Å². The van der Waals surface area contributed by atoms with Crippen molar-refractivity contribution in [3.8, 4) is 0 Å². The van der Waals surface area contributed by atoms with Crippen LogP contribution in [0.5, 0.6) is 0 Å². The summed E-state index contributed by atoms with van der Waals surface area (Å²) in [4.78, 5) is 2.79. The molecule has 0 amide bonds. The molecule has 2 aromatic carbocycles. The van der Waals surface area contributed by atoms with Crippen molar-refractivity contribution < 1.29 is 0 Å². The molecule has 0 unspecified atom stereocenters. The van der Waals surface area contributed by atoms with Crippen molar-refractivity contribution in [2.45, 2.75) is 20.4 Å². The minimum Gasteiger partial charge on any atom is -0.381 e. The zero-order chi connectivity index (χ0) is 13.2. The van der Waals surface area contributed by atoms with Crippen molar-refractivity contribution in [2.24, 2.45) is 0 Å². The number of hydrogen-bond donors (Lipinski definition) is 1. The summed E-state index contributed by atoms with van der Waals surface area (Å²) in [6.07, 6.45) is 0. The van der Waals surface area contributed by atoms with Gasteiger partial charge in [-0.25, -0.2) is 0 Å². The maximum atomic E-state index is 3.51. The monoisotopic (exact) mass is 267 g/mol. The van der Waals surface area contributed by atoms with E-state index in [1.54, 1.807) is 0 Å². The first-order valence-electron chi connectivity index (χ1n) is 6.51. The molecule has 3 aromatic rings. The molecular formula is C17H17NS. The Bertz CT molecular complexity index is 712. The van der Waals surface area contributed by atoms with Crippen molar-refractivity contribution in [3.05, 3.63) is 63.8 Å². The molecule has 0 aliphatic carbocycles. The van der Waals surface area contributed by atoms with Gasteiger partial charge in [0.1, 0.15) is 0 Å². The zero-order valence-electron chi connectivity index (χ0n) is 11.2. The molecular weight excluding hydrogens is 250 g/mol. The van der Waals surface area contributed by atoms with Gasteiger partial charge in [0, 0.05) is 22.0 Å². The predicted octanol–water partition coefficient (Wildman–Crippen LogP) is 5.13. The fourth-order valence-electron chi connectivity index (χ4n) is 2.36. The molecule has 1 N–H and O–H groups in total. The highest BCUT2D eigenvalue weighted by atomic mass is 32.1. The fourth-order valence-corrected chi connectivity index (χ4v) is 3.30. The fraction of sp³-hybridized carbons (Fsp3) is 0.176. The molecule has 0 saturated heterocycles. The average Bonchev–Trinajstić information content (AvgIpc) is 2.74. The van der Waals surface area contributed by atoms with Gasteiger partial charge in [0.15, 0.2) is 0 Å². The highest BCUT2D eigenvalue weighted by molar-refractivity contribution is 7.12. The summed E-state index contributed by atoms with van der Waals surface area (Å²) < 4.78 is 0. The van der Waals surface area contributed by atoms with Crippen molar-refractivity contribution in [3.63, 3.8) is 0 Å². The van der Waals surface area contributed by atoms with Gasteiger partial charge in [-0.15, -0.1) is 11.3 Å². The Morgan fingerprint density at radius 3 is 2.47 bits per heavy atom. The van der Waals surface area contributed by atoms with Crippen LogP contribution >= 0.6 is 11.3 Å². The van der Waals surface area contributed by atoms with Crippen LogP contribution in [0.15, 0.2) is 48.5 Å². The van der Waals surface area contributed by atoms with Gasteiger partial charge in [0.2, 0.25) is 0 Å². The van der Waals surface area contributed by atoms with Crippen LogP contribution in [-0.4, -0.2) is 0 Å². The van der Waals surface area contributed by atoms with Crippen molar-refractivity contribution in [1.82, 2.24) is 0 Å². The smallest absolute Gasteiger partial charge is 0.0411 e. The predicted molar refractivity (Wildman–Crippen MR) is 85.1 cm³/mol. The lowest BCUT2D eigenvalue weighted by Gasteiger charge is -2.07. The maximum absolute atomic E-state index is 3.51. The average molecular weight is 267 g/mol. The molecule has 19 heavy (non-hydrogen) atoms. The van der Waals surface area contributed by atoms with Crippen LogP contribution in [0.3, 0.4) is 0 Å². The topological polar surface area (TPSA) is 12.0 Å². The first-order valence-corrected chi connectivity index (χ1v) is 7.32. The second kappa shape index (κ2) is 5.06. The van der Waals surface area contributed by atoms with Crippen LogP contribution in [0.25, 0.3) is 10.8 Å². The second-order valence-corrected chi connectivity index (χ2v) is 6.31. The third kappa shape index (κ3) is 2.64. The standard InChI is InChI=1S/C17H17NS/c1-12-9-16(13(2)19-12)11-18-17-8-7-14-5-3-4-6-15(14)10-17/h3-10,18H,11H2,1-2H3. The Balaban J connectivity index is 1.80. The molecule has 2 heteroatoms. The molecule has 96 valence electrons. The van der Waals surface area contributed by atoms with E-state index in [2.05, 4.69) is 67.7 Å². The van der Waals surface area contributed by atoms with Gasteiger partial charge < -0.3 is 5.32 Å². The van der Waals surface area contributed by atoms with Crippen LogP contribution in [0, 0.1) is 13.8 Å². The zero-order valence-corrected chi connectivity index (χ0v) is 12.1. The van der Waals surface area contributed by atoms with Crippen molar-refractivity contribution in [1.29, 1.82) is 0 Å². The lowest BCUT2D eigenvalue weighted by atomic mass is 10.1. The third-order valence-corrected chi connectivity index (χ3v) is 4.38. The van der Waals surface area contributed by atoms with Crippen molar-refractivity contribution in [2.75, 3.05) is 5.32 Å². The summed E-state index contributed by atoms with van der Waals surface area (Å²) in [6, 6.07) is 17.3. The van der Waals surface area contributed by atoms with E-state index in [1.165, 1.54) is 31.8 Å². The molecule has 0 aliphatic heterocycles. The number of benzene rings is 2. The van der Waals surface area contributed by atoms with E-state index >= 15 is 0 Å². The van der Waals surface area contributed by atoms with E-state index in [0.717, 1.165) is 6.54 Å². The first-order chi connectivity index (χ1) is 9.22. The number of anilines is 1. The molecule has 0 bridgehead atoms. The van der Waals surface area contributed by atoms with E-state index in [9.17, 15) is 0 Å². The Morgan fingerprint density at radius 1 is 0.947 bits per heavy atom. The van der Waals surface area contributed by atoms with Crippen LogP contribution < -0.4 is 5.32 Å². The molecule has 1 heterocycles. The molecule has 0 aliphatic rings. The Labute approximate surface area is 117 Å². The largest absolute Gasteiger partial charge is 0.381 e. The normalized spacial score (nSPS) is 10.8. The SMILES string of the molecule is Cc1cc(CNc2ccc3ccccc3c2)c(C)s1. The summed E-state index contributed by atoms with van der Waals surface area (Å²) in [7, 11) is 0. The number of thiophene rings is 1. The molecule has 0 radical (unpaired) electrons. The van der Waals surface area contributed by atoms with Crippen LogP contribution in [-0.2, 0) is 6.54 Å². The minimum atomic E-state index is 0.897. The molecule has 1 aromatic heterocycles. The van der Waals surface area contributed by atoms with Gasteiger partial charge in [-0.3, -0.25) is 0 Å². The van der Waals surface area contributed by atoms with Gasteiger partial charge in [-0.2, -0.15) is 0 Å². The number of hydrogen-bond acceptors (Lipinski definition) is 2. The molecule has 0 atom stereocenters. The van der Waals surface area contributed by atoms with E-state index in [0.29, 0.717) is 0 Å². The van der Waals surface area contributed by atoms with Crippen LogP contribution in [0.1, 0.15) is 15.3 Å². The number of rotatable bonds is 3. The summed E-state index contributed by atoms with van der Waals surface area (Å²) in [5, 5.41) is 6.08. The van der Waals surface area contributed by atoms with E-state index < -0.39 is 0 Å². The Kier molecular flexibility index (Phi) is 3.26. The molecule has 0 saturated carbocycles. The van der Waals surface area contributed by atoms with Gasteiger partial charge in [0.25, 0.3) is 0 Å². The van der Waals surface area contributed by atoms with Crippen LogP contribution in [0.4, 0.5) is 5.69 Å². The number of aryl methyl sites for hydroxylation is 2. The minimum absolute atomic E-state index is 0.897. The maximum Gasteiger partial charge on any atom is 0.0411 e. The van der Waals surface area contributed by atoms with Gasteiger partial charge in [-0.1, -0.05) is 30.3 Å². The highest BCUT2D eigenvalue weighted by Crippen LogP contribution is 2.23. The van der Waals surface area contributed by atoms with E-state index in [4.69, 9.17) is 0 Å². The number of nitrogens with one attached hydrogen (secondary N) is 1. The quantitative estimate of drug-likeness (QED) is 0.693. The summed E-state index contributed by atoms with van der Waals surface area (Å²) in [5.41, 5.74) is 2.58. The molecule has 3 rings (SSSR count). The van der Waals surface area contributed by atoms with Gasteiger partial charge in [0.05, 0.1) is 0 Å². The Hall–Kier alpha value is -1.80. The second-order valence-electron chi connectivity index (χ2n) is 4.85. The molecule has 1 nitrogen and oxygen atoms in total. The van der Waals surface area contributed by atoms with Gasteiger partial charge >= 0.3 is 0 Å². The molecule has 0 fully saturated rings. The number of fused-ring (bicyclic) bond motifs is 1. The van der Waals surface area contributed by atoms with Gasteiger partial charge in [-0.05, 0) is 48.4 Å². The van der Waals surface area contributed by atoms with Crippen molar-refractivity contribution >= 4 is 27.8 Å². The first kappa shape index (κ1) is 12.2.